The highest BCUT2D eigenvalue weighted by atomic mass is 19.3. The number of alkyl carbamates (subject to hydrolysis) is 1. The molecule has 2 aliphatic rings. The minimum Gasteiger partial charge on any atom is -0.481 e. The number of carbonyl (C=O) groups excluding carboxylic acids is 2. The molecule has 2 aromatic rings. The van der Waals surface area contributed by atoms with Crippen molar-refractivity contribution in [3.63, 3.8) is 0 Å². The van der Waals surface area contributed by atoms with Crippen LogP contribution in [-0.4, -0.2) is 60.1 Å². The molecule has 2 amide bonds. The molecule has 2 aromatic carbocycles. The Hall–Kier alpha value is -3.49. The lowest BCUT2D eigenvalue weighted by Gasteiger charge is -2.37. The number of halogens is 2. The number of carbonyl (C=O) groups is 3. The Morgan fingerprint density at radius 2 is 1.66 bits per heavy atom. The van der Waals surface area contributed by atoms with E-state index in [2.05, 4.69) is 5.32 Å². The molecule has 0 aliphatic heterocycles. The Morgan fingerprint density at radius 3 is 2.20 bits per heavy atom. The van der Waals surface area contributed by atoms with Gasteiger partial charge in [-0.05, 0) is 34.6 Å². The summed E-state index contributed by atoms with van der Waals surface area (Å²) in [6.45, 7) is 0.164. The number of nitrogens with one attached hydrogen (secondary N) is 1. The van der Waals surface area contributed by atoms with Crippen molar-refractivity contribution in [3.8, 4) is 11.1 Å². The normalized spacial score (nSPS) is 17.0. The van der Waals surface area contributed by atoms with E-state index in [1.807, 2.05) is 48.5 Å². The molecule has 0 aromatic heterocycles. The lowest BCUT2D eigenvalue weighted by Crippen LogP contribution is -2.50. The predicted octanol–water partition coefficient (Wildman–Crippen LogP) is 4.26. The van der Waals surface area contributed by atoms with Gasteiger partial charge in [0.25, 0.3) is 0 Å². The van der Waals surface area contributed by atoms with Gasteiger partial charge in [0.1, 0.15) is 12.6 Å². The molecular formula is C26H28F2N2O5. The van der Waals surface area contributed by atoms with E-state index >= 15 is 0 Å². The molecule has 35 heavy (non-hydrogen) atoms. The molecule has 2 aliphatic carbocycles. The number of alkyl halides is 2. The zero-order valence-corrected chi connectivity index (χ0v) is 19.4. The molecule has 0 radical (unpaired) electrons. The van der Waals surface area contributed by atoms with Gasteiger partial charge in [-0.1, -0.05) is 48.5 Å². The van der Waals surface area contributed by atoms with Crippen LogP contribution in [0.1, 0.15) is 42.7 Å². The van der Waals surface area contributed by atoms with Gasteiger partial charge >= 0.3 is 12.1 Å². The van der Waals surface area contributed by atoms with Crippen LogP contribution in [0, 0.1) is 5.92 Å². The summed E-state index contributed by atoms with van der Waals surface area (Å²) in [5.74, 6) is -4.83. The van der Waals surface area contributed by atoms with Crippen molar-refractivity contribution in [2.24, 2.45) is 5.92 Å². The Bertz CT molecular complexity index is 1070. The fourth-order valence-electron chi connectivity index (χ4n) is 4.96. The highest BCUT2D eigenvalue weighted by Crippen LogP contribution is 2.44. The Kier molecular flexibility index (Phi) is 7.05. The molecule has 9 heteroatoms. The quantitative estimate of drug-likeness (QED) is 0.552. The molecule has 1 unspecified atom stereocenters. The topological polar surface area (TPSA) is 95.9 Å². The Labute approximate surface area is 202 Å². The number of aliphatic carboxylic acids is 1. The van der Waals surface area contributed by atoms with Crippen molar-refractivity contribution >= 4 is 18.0 Å². The number of benzene rings is 2. The molecule has 2 N–H and O–H groups in total. The molecular weight excluding hydrogens is 458 g/mol. The molecule has 7 nitrogen and oxygen atoms in total. The maximum atomic E-state index is 13.1. The van der Waals surface area contributed by atoms with Crippen molar-refractivity contribution in [3.05, 3.63) is 59.7 Å². The van der Waals surface area contributed by atoms with Crippen LogP contribution in [0.2, 0.25) is 0 Å². The summed E-state index contributed by atoms with van der Waals surface area (Å²) >= 11 is 0. The highest BCUT2D eigenvalue weighted by molar-refractivity contribution is 5.86. The summed E-state index contributed by atoms with van der Waals surface area (Å²) in [6.07, 6.45) is -1.88. The molecule has 1 atom stereocenters. The Balaban J connectivity index is 1.38. The number of carboxylic acid groups (broad SMARTS) is 1. The van der Waals surface area contributed by atoms with Crippen LogP contribution in [-0.2, 0) is 14.3 Å². The van der Waals surface area contributed by atoms with Crippen molar-refractivity contribution in [2.45, 2.75) is 43.6 Å². The zero-order chi connectivity index (χ0) is 25.2. The van der Waals surface area contributed by atoms with Gasteiger partial charge in [0.2, 0.25) is 11.8 Å². The van der Waals surface area contributed by atoms with Gasteiger partial charge < -0.3 is 20.1 Å². The third-order valence-corrected chi connectivity index (χ3v) is 6.66. The average molecular weight is 487 g/mol. The first-order chi connectivity index (χ1) is 16.6. The summed E-state index contributed by atoms with van der Waals surface area (Å²) in [5, 5.41) is 11.5. The number of ether oxygens (including phenoxy) is 1. The third kappa shape index (κ3) is 5.61. The van der Waals surface area contributed by atoms with Gasteiger partial charge in [-0.15, -0.1) is 0 Å². The summed E-state index contributed by atoms with van der Waals surface area (Å²) < 4.78 is 31.8. The third-order valence-electron chi connectivity index (χ3n) is 6.66. The number of nitrogens with zero attached hydrogens (tertiary/aromatic N) is 1. The summed E-state index contributed by atoms with van der Waals surface area (Å²) in [5.41, 5.74) is 4.23. The fourth-order valence-corrected chi connectivity index (χ4v) is 4.96. The first-order valence-electron chi connectivity index (χ1n) is 11.6. The number of likely N-dealkylation sites (N-methyl/N-ethyl adjacent to an activating group) is 1. The number of carboxylic acids is 1. The van der Waals surface area contributed by atoms with E-state index in [0.29, 0.717) is 0 Å². The van der Waals surface area contributed by atoms with Crippen LogP contribution in [0.15, 0.2) is 48.5 Å². The monoisotopic (exact) mass is 486 g/mol. The minimum atomic E-state index is -2.70. The predicted molar refractivity (Wildman–Crippen MR) is 124 cm³/mol. The number of amides is 2. The zero-order valence-electron chi connectivity index (χ0n) is 19.4. The lowest BCUT2D eigenvalue weighted by molar-refractivity contribution is -0.141. The Morgan fingerprint density at radius 1 is 1.09 bits per heavy atom. The van der Waals surface area contributed by atoms with Crippen LogP contribution >= 0.6 is 0 Å². The standard InChI is InChI=1S/C26H28F2N2O5/c1-30(14-16-12-26(27,28)13-16)24(33)22(10-11-23(31)32)29-25(34)35-15-21-19-8-4-2-6-17(19)18-7-3-5-9-20(18)21/h2-9,16,21-22H,10-15H2,1H3,(H,29,34)(H,31,32). The van der Waals surface area contributed by atoms with Crippen LogP contribution < -0.4 is 5.32 Å². The maximum absolute atomic E-state index is 13.1. The summed E-state index contributed by atoms with van der Waals surface area (Å²) in [4.78, 5) is 37.9. The number of rotatable bonds is 9. The van der Waals surface area contributed by atoms with Gasteiger partial charge in [-0.25, -0.2) is 13.6 Å². The van der Waals surface area contributed by atoms with Crippen molar-refractivity contribution < 1.29 is 33.0 Å². The van der Waals surface area contributed by atoms with Crippen molar-refractivity contribution in [1.29, 1.82) is 0 Å². The molecule has 0 bridgehead atoms. The van der Waals surface area contributed by atoms with Gasteiger partial charge in [0.05, 0.1) is 0 Å². The van der Waals surface area contributed by atoms with Gasteiger partial charge in [-0.2, -0.15) is 0 Å². The van der Waals surface area contributed by atoms with E-state index in [1.165, 1.54) is 11.9 Å². The second-order valence-corrected chi connectivity index (χ2v) is 9.30. The number of hydrogen-bond donors (Lipinski definition) is 2. The first-order valence-corrected chi connectivity index (χ1v) is 11.6. The molecule has 0 spiro atoms. The van der Waals surface area contributed by atoms with E-state index < -0.39 is 29.9 Å². The maximum Gasteiger partial charge on any atom is 0.407 e. The second kappa shape index (κ2) is 10.0. The van der Waals surface area contributed by atoms with Crippen molar-refractivity contribution in [1.82, 2.24) is 10.2 Å². The van der Waals surface area contributed by atoms with E-state index in [9.17, 15) is 23.2 Å². The molecule has 4 rings (SSSR count). The van der Waals surface area contributed by atoms with Crippen LogP contribution in [0.3, 0.4) is 0 Å². The largest absolute Gasteiger partial charge is 0.481 e. The van der Waals surface area contributed by atoms with Crippen molar-refractivity contribution in [2.75, 3.05) is 20.2 Å². The molecule has 186 valence electrons. The molecule has 0 saturated heterocycles. The number of hydrogen-bond acceptors (Lipinski definition) is 4. The van der Waals surface area contributed by atoms with Gasteiger partial charge in [-0.3, -0.25) is 9.59 Å². The highest BCUT2D eigenvalue weighted by Gasteiger charge is 2.46. The average Bonchev–Trinajstić information content (AvgIpc) is 3.12. The van der Waals surface area contributed by atoms with Crippen LogP contribution in [0.4, 0.5) is 13.6 Å². The van der Waals surface area contributed by atoms with Gasteiger partial charge in [0, 0.05) is 38.8 Å². The minimum absolute atomic E-state index is 0.0483. The molecule has 1 saturated carbocycles. The van der Waals surface area contributed by atoms with E-state index in [0.717, 1.165) is 22.3 Å². The van der Waals surface area contributed by atoms with Crippen LogP contribution in [0.5, 0.6) is 0 Å². The van der Waals surface area contributed by atoms with Gasteiger partial charge in [0.15, 0.2) is 0 Å². The van der Waals surface area contributed by atoms with E-state index in [-0.39, 0.29) is 50.7 Å². The van der Waals surface area contributed by atoms with E-state index in [4.69, 9.17) is 9.84 Å². The van der Waals surface area contributed by atoms with Crippen LogP contribution in [0.25, 0.3) is 11.1 Å². The van der Waals surface area contributed by atoms with E-state index in [1.54, 1.807) is 0 Å². The first kappa shape index (κ1) is 24.6. The lowest BCUT2D eigenvalue weighted by atomic mass is 9.81. The summed E-state index contributed by atoms with van der Waals surface area (Å²) in [7, 11) is 1.46. The smallest absolute Gasteiger partial charge is 0.407 e. The molecule has 1 fully saturated rings. The number of fused-ring (bicyclic) bond motifs is 3. The SMILES string of the molecule is CN(CC1CC(F)(F)C1)C(=O)C(CCC(=O)O)NC(=O)OCC1c2ccccc2-c2ccccc21. The fraction of sp³-hybridized carbons (Fsp3) is 0.423. The second-order valence-electron chi connectivity index (χ2n) is 9.30. The summed E-state index contributed by atoms with van der Waals surface area (Å²) in [6, 6.07) is 14.6. The molecule has 0 heterocycles.